The third-order valence-corrected chi connectivity index (χ3v) is 2.45. The number of hydrogen-bond donors (Lipinski definition) is 2. The maximum Gasteiger partial charge on any atom is 0.289 e. The highest BCUT2D eigenvalue weighted by molar-refractivity contribution is 7.11. The molecule has 0 atom stereocenters. The summed E-state index contributed by atoms with van der Waals surface area (Å²) >= 11 is 1.55. The number of hydrogen-bond acceptors (Lipinski definition) is 4. The Balaban J connectivity index is 1.91. The molecule has 0 aromatic carbocycles. The molecule has 0 spiro atoms. The summed E-state index contributed by atoms with van der Waals surface area (Å²) in [4.78, 5) is 12.3. The number of H-pyrrole nitrogens is 1. The lowest BCUT2D eigenvalue weighted by Gasteiger charge is -1.93. The molecule has 0 saturated heterocycles. The van der Waals surface area contributed by atoms with Gasteiger partial charge in [0.05, 0.1) is 6.21 Å². The second-order valence-corrected chi connectivity index (χ2v) is 3.66. The summed E-state index contributed by atoms with van der Waals surface area (Å²) < 4.78 is 0. The van der Waals surface area contributed by atoms with Gasteiger partial charge in [0.1, 0.15) is 5.69 Å². The standard InChI is InChI=1S/C9H8N4OS/c14-9(8-3-4-10-12-8)13-11-6-7-2-1-5-15-7/h1-6H,(H,10,12)(H,13,14). The van der Waals surface area contributed by atoms with E-state index in [-0.39, 0.29) is 5.91 Å². The Morgan fingerprint density at radius 3 is 3.20 bits per heavy atom. The molecule has 0 radical (unpaired) electrons. The molecule has 2 rings (SSSR count). The Kier molecular flexibility index (Phi) is 2.89. The van der Waals surface area contributed by atoms with Gasteiger partial charge < -0.3 is 0 Å². The van der Waals surface area contributed by atoms with Crippen LogP contribution in [0.4, 0.5) is 0 Å². The van der Waals surface area contributed by atoms with E-state index in [0.29, 0.717) is 5.69 Å². The number of hydrazone groups is 1. The summed E-state index contributed by atoms with van der Waals surface area (Å²) in [6.07, 6.45) is 3.11. The van der Waals surface area contributed by atoms with Crippen LogP contribution in [-0.4, -0.2) is 22.3 Å². The van der Waals surface area contributed by atoms with Crippen molar-refractivity contribution in [2.75, 3.05) is 0 Å². The largest absolute Gasteiger partial charge is 0.289 e. The molecule has 1 amide bonds. The number of nitrogens with one attached hydrogen (secondary N) is 2. The molecule has 0 bridgehead atoms. The Morgan fingerprint density at radius 2 is 2.53 bits per heavy atom. The molecule has 2 heterocycles. The van der Waals surface area contributed by atoms with Gasteiger partial charge in [-0.05, 0) is 17.5 Å². The van der Waals surface area contributed by atoms with E-state index < -0.39 is 0 Å². The highest BCUT2D eigenvalue weighted by Crippen LogP contribution is 2.04. The zero-order valence-electron chi connectivity index (χ0n) is 7.68. The van der Waals surface area contributed by atoms with E-state index in [1.165, 1.54) is 6.20 Å². The number of thiophene rings is 1. The first-order valence-corrected chi connectivity index (χ1v) is 5.10. The van der Waals surface area contributed by atoms with Crippen molar-refractivity contribution in [2.45, 2.75) is 0 Å². The van der Waals surface area contributed by atoms with Gasteiger partial charge >= 0.3 is 0 Å². The molecule has 15 heavy (non-hydrogen) atoms. The van der Waals surface area contributed by atoms with E-state index in [2.05, 4.69) is 20.7 Å². The highest BCUT2D eigenvalue weighted by atomic mass is 32.1. The van der Waals surface area contributed by atoms with Crippen LogP contribution in [0.3, 0.4) is 0 Å². The van der Waals surface area contributed by atoms with Gasteiger partial charge in [0.25, 0.3) is 5.91 Å². The summed E-state index contributed by atoms with van der Waals surface area (Å²) in [7, 11) is 0. The second-order valence-electron chi connectivity index (χ2n) is 2.68. The predicted molar refractivity (Wildman–Crippen MR) is 58.0 cm³/mol. The fraction of sp³-hybridized carbons (Fsp3) is 0. The monoisotopic (exact) mass is 220 g/mol. The van der Waals surface area contributed by atoms with E-state index in [4.69, 9.17) is 0 Å². The second kappa shape index (κ2) is 4.52. The van der Waals surface area contributed by atoms with Gasteiger partial charge in [-0.1, -0.05) is 6.07 Å². The zero-order valence-corrected chi connectivity index (χ0v) is 8.49. The van der Waals surface area contributed by atoms with Crippen LogP contribution in [0.1, 0.15) is 15.4 Å². The molecule has 0 saturated carbocycles. The van der Waals surface area contributed by atoms with Crippen LogP contribution in [0.2, 0.25) is 0 Å². The average molecular weight is 220 g/mol. The normalized spacial score (nSPS) is 10.7. The van der Waals surface area contributed by atoms with Crippen LogP contribution < -0.4 is 5.43 Å². The number of aromatic nitrogens is 2. The molecule has 0 aliphatic carbocycles. The van der Waals surface area contributed by atoms with Crippen molar-refractivity contribution in [2.24, 2.45) is 5.10 Å². The van der Waals surface area contributed by atoms with E-state index in [0.717, 1.165) is 4.88 Å². The quantitative estimate of drug-likeness (QED) is 0.603. The zero-order chi connectivity index (χ0) is 10.5. The lowest BCUT2D eigenvalue weighted by Crippen LogP contribution is -2.17. The fourth-order valence-electron chi connectivity index (χ4n) is 0.962. The van der Waals surface area contributed by atoms with Crippen LogP contribution in [0, 0.1) is 0 Å². The first-order chi connectivity index (χ1) is 7.36. The molecule has 76 valence electrons. The minimum Gasteiger partial charge on any atom is -0.273 e. The van der Waals surface area contributed by atoms with Gasteiger partial charge in [-0.3, -0.25) is 9.89 Å². The molecule has 2 aromatic rings. The van der Waals surface area contributed by atoms with Crippen LogP contribution in [0.15, 0.2) is 34.9 Å². The Hall–Kier alpha value is -1.95. The lowest BCUT2D eigenvalue weighted by atomic mass is 10.4. The van der Waals surface area contributed by atoms with Crippen LogP contribution in [0.5, 0.6) is 0 Å². The van der Waals surface area contributed by atoms with Crippen molar-refractivity contribution in [3.8, 4) is 0 Å². The van der Waals surface area contributed by atoms with E-state index in [1.54, 1.807) is 23.6 Å². The van der Waals surface area contributed by atoms with Crippen molar-refractivity contribution < 1.29 is 4.79 Å². The van der Waals surface area contributed by atoms with Gasteiger partial charge in [-0.2, -0.15) is 10.2 Å². The average Bonchev–Trinajstić information content (AvgIpc) is 2.90. The van der Waals surface area contributed by atoms with Crippen molar-refractivity contribution in [3.63, 3.8) is 0 Å². The Bertz CT molecular complexity index is 446. The van der Waals surface area contributed by atoms with E-state index >= 15 is 0 Å². The van der Waals surface area contributed by atoms with Crippen LogP contribution in [0.25, 0.3) is 0 Å². The first kappa shape index (κ1) is 9.60. The molecule has 6 heteroatoms. The third kappa shape index (κ3) is 2.50. The fourth-order valence-corrected chi connectivity index (χ4v) is 1.55. The van der Waals surface area contributed by atoms with Crippen molar-refractivity contribution >= 4 is 23.5 Å². The third-order valence-electron chi connectivity index (χ3n) is 1.65. The topological polar surface area (TPSA) is 70.1 Å². The van der Waals surface area contributed by atoms with Gasteiger partial charge in [0, 0.05) is 11.1 Å². The molecule has 0 aliphatic rings. The molecular formula is C9H8N4OS. The summed E-state index contributed by atoms with van der Waals surface area (Å²) in [6, 6.07) is 5.41. The number of aromatic amines is 1. The number of carbonyl (C=O) groups is 1. The van der Waals surface area contributed by atoms with E-state index in [9.17, 15) is 4.79 Å². The Morgan fingerprint density at radius 1 is 1.60 bits per heavy atom. The number of carbonyl (C=O) groups excluding carboxylic acids is 1. The smallest absolute Gasteiger partial charge is 0.273 e. The molecule has 2 N–H and O–H groups in total. The molecule has 0 aliphatic heterocycles. The predicted octanol–water partition coefficient (Wildman–Crippen LogP) is 1.24. The molecule has 0 unspecified atom stereocenters. The molecule has 0 fully saturated rings. The summed E-state index contributed by atoms with van der Waals surface area (Å²) in [5.74, 6) is -0.305. The summed E-state index contributed by atoms with van der Waals surface area (Å²) in [5.41, 5.74) is 2.78. The van der Waals surface area contributed by atoms with Gasteiger partial charge in [-0.25, -0.2) is 5.43 Å². The first-order valence-electron chi connectivity index (χ1n) is 4.22. The summed E-state index contributed by atoms with van der Waals surface area (Å²) in [5, 5.41) is 12.0. The number of amides is 1. The van der Waals surface area contributed by atoms with Gasteiger partial charge in [0.2, 0.25) is 0 Å². The molecular weight excluding hydrogens is 212 g/mol. The van der Waals surface area contributed by atoms with Crippen molar-refractivity contribution in [1.82, 2.24) is 15.6 Å². The maximum absolute atomic E-state index is 11.3. The summed E-state index contributed by atoms with van der Waals surface area (Å²) in [6.45, 7) is 0. The number of nitrogens with zero attached hydrogens (tertiary/aromatic N) is 2. The van der Waals surface area contributed by atoms with Gasteiger partial charge in [-0.15, -0.1) is 11.3 Å². The Labute approximate surface area is 89.8 Å². The molecule has 2 aromatic heterocycles. The van der Waals surface area contributed by atoms with Crippen LogP contribution in [-0.2, 0) is 0 Å². The molecule has 5 nitrogen and oxygen atoms in total. The number of rotatable bonds is 3. The SMILES string of the molecule is O=C(NN=Cc1cccs1)c1ccn[nH]1. The minimum absolute atomic E-state index is 0.305. The van der Waals surface area contributed by atoms with Crippen molar-refractivity contribution in [1.29, 1.82) is 0 Å². The van der Waals surface area contributed by atoms with Crippen molar-refractivity contribution in [3.05, 3.63) is 40.3 Å². The van der Waals surface area contributed by atoms with E-state index in [1.807, 2.05) is 17.5 Å². The van der Waals surface area contributed by atoms with Gasteiger partial charge in [0.15, 0.2) is 0 Å². The van der Waals surface area contributed by atoms with Crippen LogP contribution >= 0.6 is 11.3 Å². The maximum atomic E-state index is 11.3. The highest BCUT2D eigenvalue weighted by Gasteiger charge is 2.03. The minimum atomic E-state index is -0.305. The lowest BCUT2D eigenvalue weighted by molar-refractivity contribution is 0.0950.